The third-order valence-corrected chi connectivity index (χ3v) is 3.71. The van der Waals surface area contributed by atoms with Crippen molar-refractivity contribution in [1.82, 2.24) is 15.1 Å². The Balaban J connectivity index is 2.10. The predicted molar refractivity (Wildman–Crippen MR) is 77.6 cm³/mol. The topological polar surface area (TPSA) is 84.1 Å². The van der Waals surface area contributed by atoms with Gasteiger partial charge in [0.05, 0.1) is 5.69 Å². The van der Waals surface area contributed by atoms with E-state index in [2.05, 4.69) is 15.6 Å². The molecular formula is C14H21N5O. The average Bonchev–Trinajstić information content (AvgIpc) is 2.45. The molecule has 1 amide bonds. The number of amides is 1. The lowest BCUT2D eigenvalue weighted by molar-refractivity contribution is -0.131. The van der Waals surface area contributed by atoms with E-state index < -0.39 is 0 Å². The molecule has 2 rings (SSSR count). The summed E-state index contributed by atoms with van der Waals surface area (Å²) in [6.45, 7) is 7.35. The molecule has 1 aliphatic rings. The van der Waals surface area contributed by atoms with Crippen LogP contribution in [0.2, 0.25) is 0 Å². The van der Waals surface area contributed by atoms with Gasteiger partial charge in [-0.15, -0.1) is 5.10 Å². The lowest BCUT2D eigenvalue weighted by Crippen LogP contribution is -2.36. The van der Waals surface area contributed by atoms with Gasteiger partial charge in [-0.25, -0.2) is 5.84 Å². The Hall–Kier alpha value is -1.95. The molecule has 1 aromatic rings. The molecule has 0 aromatic carbocycles. The van der Waals surface area contributed by atoms with Crippen LogP contribution in [0.15, 0.2) is 17.2 Å². The Morgan fingerprint density at radius 3 is 2.80 bits per heavy atom. The van der Waals surface area contributed by atoms with Crippen LogP contribution < -0.4 is 11.3 Å². The number of nitrogens with one attached hydrogen (secondary N) is 1. The van der Waals surface area contributed by atoms with Gasteiger partial charge in [0.15, 0.2) is 5.82 Å². The van der Waals surface area contributed by atoms with Crippen LogP contribution in [-0.4, -0.2) is 27.5 Å². The fourth-order valence-electron chi connectivity index (χ4n) is 2.13. The van der Waals surface area contributed by atoms with Crippen LogP contribution in [0.1, 0.15) is 38.4 Å². The third-order valence-electron chi connectivity index (χ3n) is 3.71. The second-order valence-corrected chi connectivity index (χ2v) is 5.37. The number of nitrogens with zero attached hydrogens (tertiary/aromatic N) is 3. The molecule has 0 atom stereocenters. The minimum atomic E-state index is 0.161. The van der Waals surface area contributed by atoms with Crippen LogP contribution in [0.25, 0.3) is 0 Å². The fourth-order valence-corrected chi connectivity index (χ4v) is 2.13. The van der Waals surface area contributed by atoms with E-state index in [-0.39, 0.29) is 5.91 Å². The number of aromatic nitrogens is 2. The molecule has 1 aromatic heterocycles. The Morgan fingerprint density at radius 2 is 2.15 bits per heavy atom. The molecular weight excluding hydrogens is 254 g/mol. The number of fused-ring (bicyclic) bond motifs is 1. The van der Waals surface area contributed by atoms with Gasteiger partial charge in [-0.1, -0.05) is 11.1 Å². The molecule has 20 heavy (non-hydrogen) atoms. The largest absolute Gasteiger partial charge is 0.338 e. The zero-order chi connectivity index (χ0) is 14.7. The molecule has 6 nitrogen and oxygen atoms in total. The lowest BCUT2D eigenvalue weighted by atomic mass is 10.0. The van der Waals surface area contributed by atoms with Gasteiger partial charge >= 0.3 is 0 Å². The molecule has 0 spiro atoms. The number of rotatable bonds is 3. The molecule has 0 saturated heterocycles. The zero-order valence-corrected chi connectivity index (χ0v) is 12.2. The summed E-state index contributed by atoms with van der Waals surface area (Å²) in [7, 11) is 0. The van der Waals surface area contributed by atoms with Crippen molar-refractivity contribution < 1.29 is 4.79 Å². The van der Waals surface area contributed by atoms with E-state index >= 15 is 0 Å². The standard InChI is InChI=1S/C14H21N5O/c1-9(2)10(3)6-14(20)19-5-4-12-11(8-19)7-13(16-15)18-17-12/h7H,4-6,8,15H2,1-3H3,(H,16,18). The van der Waals surface area contributed by atoms with Gasteiger partial charge < -0.3 is 10.3 Å². The second kappa shape index (κ2) is 6.00. The predicted octanol–water partition coefficient (Wildman–Crippen LogP) is 1.39. The van der Waals surface area contributed by atoms with Crippen molar-refractivity contribution in [2.24, 2.45) is 5.84 Å². The fraction of sp³-hybridized carbons (Fsp3) is 0.500. The van der Waals surface area contributed by atoms with Crippen molar-refractivity contribution in [3.05, 3.63) is 28.5 Å². The average molecular weight is 275 g/mol. The van der Waals surface area contributed by atoms with E-state index in [1.807, 2.05) is 31.7 Å². The van der Waals surface area contributed by atoms with Crippen molar-refractivity contribution >= 4 is 11.7 Å². The maximum absolute atomic E-state index is 12.3. The summed E-state index contributed by atoms with van der Waals surface area (Å²) in [5.74, 6) is 6.02. The summed E-state index contributed by atoms with van der Waals surface area (Å²) in [5.41, 5.74) is 6.79. The minimum absolute atomic E-state index is 0.161. The molecule has 0 fully saturated rings. The number of hydrazine groups is 1. The van der Waals surface area contributed by atoms with Crippen LogP contribution in [0, 0.1) is 0 Å². The molecule has 0 unspecified atom stereocenters. The molecule has 6 heteroatoms. The summed E-state index contributed by atoms with van der Waals surface area (Å²) < 4.78 is 0. The van der Waals surface area contributed by atoms with Crippen LogP contribution in [0.4, 0.5) is 5.82 Å². The number of carbonyl (C=O) groups excluding carboxylic acids is 1. The van der Waals surface area contributed by atoms with E-state index in [1.165, 1.54) is 5.57 Å². The Labute approximate surface area is 119 Å². The van der Waals surface area contributed by atoms with E-state index in [0.717, 1.165) is 23.3 Å². The van der Waals surface area contributed by atoms with E-state index in [4.69, 9.17) is 5.84 Å². The summed E-state index contributed by atoms with van der Waals surface area (Å²) >= 11 is 0. The van der Waals surface area contributed by atoms with Crippen LogP contribution in [0.3, 0.4) is 0 Å². The Bertz CT molecular complexity index is 548. The first-order chi connectivity index (χ1) is 9.51. The first-order valence-electron chi connectivity index (χ1n) is 6.74. The highest BCUT2D eigenvalue weighted by molar-refractivity contribution is 5.79. The monoisotopic (exact) mass is 275 g/mol. The van der Waals surface area contributed by atoms with Crippen molar-refractivity contribution in [3.63, 3.8) is 0 Å². The molecule has 0 aliphatic carbocycles. The number of anilines is 1. The van der Waals surface area contributed by atoms with E-state index in [9.17, 15) is 4.79 Å². The molecule has 0 bridgehead atoms. The van der Waals surface area contributed by atoms with E-state index in [0.29, 0.717) is 25.3 Å². The Kier molecular flexibility index (Phi) is 4.34. The van der Waals surface area contributed by atoms with Gasteiger partial charge in [-0.3, -0.25) is 4.79 Å². The molecule has 1 aliphatic heterocycles. The maximum Gasteiger partial charge on any atom is 0.226 e. The van der Waals surface area contributed by atoms with Gasteiger partial charge in [-0.05, 0) is 32.4 Å². The van der Waals surface area contributed by atoms with Crippen molar-refractivity contribution in [3.8, 4) is 0 Å². The van der Waals surface area contributed by atoms with Crippen molar-refractivity contribution in [2.45, 2.75) is 40.2 Å². The van der Waals surface area contributed by atoms with Gasteiger partial charge in [-0.2, -0.15) is 5.10 Å². The second-order valence-electron chi connectivity index (χ2n) is 5.37. The first-order valence-corrected chi connectivity index (χ1v) is 6.74. The van der Waals surface area contributed by atoms with Gasteiger partial charge in [0.1, 0.15) is 0 Å². The van der Waals surface area contributed by atoms with E-state index in [1.54, 1.807) is 0 Å². The van der Waals surface area contributed by atoms with Crippen LogP contribution in [0.5, 0.6) is 0 Å². The SMILES string of the molecule is CC(C)=C(C)CC(=O)N1CCc2nnc(NN)cc2C1. The molecule has 0 radical (unpaired) electrons. The maximum atomic E-state index is 12.3. The van der Waals surface area contributed by atoms with Crippen molar-refractivity contribution in [1.29, 1.82) is 0 Å². The van der Waals surface area contributed by atoms with Crippen molar-refractivity contribution in [2.75, 3.05) is 12.0 Å². The summed E-state index contributed by atoms with van der Waals surface area (Å²) in [6.07, 6.45) is 1.23. The highest BCUT2D eigenvalue weighted by Crippen LogP contribution is 2.20. The van der Waals surface area contributed by atoms with Gasteiger partial charge in [0, 0.05) is 25.9 Å². The third kappa shape index (κ3) is 3.14. The summed E-state index contributed by atoms with van der Waals surface area (Å²) in [4.78, 5) is 14.2. The van der Waals surface area contributed by atoms with Gasteiger partial charge in [0.2, 0.25) is 5.91 Å². The first kappa shape index (κ1) is 14.5. The Morgan fingerprint density at radius 1 is 1.40 bits per heavy atom. The zero-order valence-electron chi connectivity index (χ0n) is 12.2. The normalized spacial score (nSPS) is 13.7. The highest BCUT2D eigenvalue weighted by atomic mass is 16.2. The quantitative estimate of drug-likeness (QED) is 0.495. The minimum Gasteiger partial charge on any atom is -0.338 e. The number of nitrogens with two attached hydrogens (primary N) is 1. The molecule has 2 heterocycles. The number of nitrogen functional groups attached to an aromatic ring is 1. The number of carbonyl (C=O) groups is 1. The number of hydrogen-bond acceptors (Lipinski definition) is 5. The molecule has 108 valence electrons. The smallest absolute Gasteiger partial charge is 0.226 e. The van der Waals surface area contributed by atoms with Crippen LogP contribution in [-0.2, 0) is 17.8 Å². The van der Waals surface area contributed by atoms with Crippen LogP contribution >= 0.6 is 0 Å². The highest BCUT2D eigenvalue weighted by Gasteiger charge is 2.22. The number of allylic oxidation sites excluding steroid dienone is 1. The molecule has 3 N–H and O–H groups in total. The number of hydrogen-bond donors (Lipinski definition) is 2. The summed E-state index contributed by atoms with van der Waals surface area (Å²) in [5, 5.41) is 8.09. The lowest BCUT2D eigenvalue weighted by Gasteiger charge is -2.28. The molecule has 0 saturated carbocycles. The van der Waals surface area contributed by atoms with Gasteiger partial charge in [0.25, 0.3) is 0 Å². The summed E-state index contributed by atoms with van der Waals surface area (Å²) in [6, 6.07) is 1.86.